The highest BCUT2D eigenvalue weighted by Gasteiger charge is 2.27. The fraction of sp³-hybridized carbons (Fsp3) is 0.545. The first-order chi connectivity index (χ1) is 7.89. The van der Waals surface area contributed by atoms with E-state index < -0.39 is 10.0 Å². The third kappa shape index (κ3) is 2.76. The van der Waals surface area contributed by atoms with Gasteiger partial charge in [0.2, 0.25) is 10.0 Å². The molecule has 1 saturated carbocycles. The van der Waals surface area contributed by atoms with Gasteiger partial charge in [-0.3, -0.25) is 4.98 Å². The van der Waals surface area contributed by atoms with Crippen molar-refractivity contribution in [3.8, 4) is 5.75 Å². The van der Waals surface area contributed by atoms with Gasteiger partial charge in [-0.25, -0.2) is 13.6 Å². The number of pyridine rings is 1. The number of ether oxygens (including phenoxy) is 1. The Morgan fingerprint density at radius 2 is 2.06 bits per heavy atom. The maximum atomic E-state index is 11.5. The van der Waals surface area contributed by atoms with Crippen molar-refractivity contribution in [2.45, 2.75) is 43.6 Å². The molecule has 1 aliphatic rings. The van der Waals surface area contributed by atoms with E-state index in [0.29, 0.717) is 11.3 Å². The summed E-state index contributed by atoms with van der Waals surface area (Å²) < 4.78 is 28.7. The van der Waals surface area contributed by atoms with E-state index in [1.165, 1.54) is 6.20 Å². The second kappa shape index (κ2) is 4.27. The fourth-order valence-corrected chi connectivity index (χ4v) is 2.54. The fourth-order valence-electron chi connectivity index (χ4n) is 1.69. The van der Waals surface area contributed by atoms with Crippen LogP contribution in [-0.2, 0) is 10.0 Å². The zero-order valence-electron chi connectivity index (χ0n) is 9.88. The molecule has 94 valence electrons. The Balaban J connectivity index is 2.51. The van der Waals surface area contributed by atoms with Gasteiger partial charge in [0.25, 0.3) is 0 Å². The van der Waals surface area contributed by atoms with Gasteiger partial charge in [-0.1, -0.05) is 13.8 Å². The van der Waals surface area contributed by atoms with E-state index in [0.717, 1.165) is 12.8 Å². The van der Waals surface area contributed by atoms with Crippen molar-refractivity contribution in [1.82, 2.24) is 4.98 Å². The summed E-state index contributed by atoms with van der Waals surface area (Å²) in [6.45, 7) is 3.81. The van der Waals surface area contributed by atoms with Gasteiger partial charge in [0.1, 0.15) is 10.6 Å². The molecule has 0 unspecified atom stereocenters. The van der Waals surface area contributed by atoms with Crippen molar-refractivity contribution in [3.63, 3.8) is 0 Å². The normalized spacial score (nSPS) is 16.2. The standard InChI is InChI=1S/C11H16N2O3S/c1-7(2)11-9(16-8-3-4-8)5-13-6-10(11)17(12,14)15/h5-8H,3-4H2,1-2H3,(H2,12,14,15). The molecule has 5 nitrogen and oxygen atoms in total. The molecule has 0 bridgehead atoms. The Kier molecular flexibility index (Phi) is 3.09. The van der Waals surface area contributed by atoms with Crippen LogP contribution in [0.2, 0.25) is 0 Å². The molecule has 2 rings (SSSR count). The minimum absolute atomic E-state index is 0.0140. The van der Waals surface area contributed by atoms with Crippen molar-refractivity contribution in [3.05, 3.63) is 18.0 Å². The van der Waals surface area contributed by atoms with Crippen LogP contribution in [0, 0.1) is 0 Å². The van der Waals surface area contributed by atoms with Crippen LogP contribution in [0.1, 0.15) is 38.2 Å². The second-order valence-corrected chi connectivity index (χ2v) is 6.10. The number of sulfonamides is 1. The maximum Gasteiger partial charge on any atom is 0.240 e. The lowest BCUT2D eigenvalue weighted by Gasteiger charge is -2.16. The zero-order valence-corrected chi connectivity index (χ0v) is 10.7. The minimum Gasteiger partial charge on any atom is -0.488 e. The summed E-state index contributed by atoms with van der Waals surface area (Å²) in [4.78, 5) is 3.95. The van der Waals surface area contributed by atoms with Crippen molar-refractivity contribution >= 4 is 10.0 Å². The van der Waals surface area contributed by atoms with Gasteiger partial charge in [-0.15, -0.1) is 0 Å². The van der Waals surface area contributed by atoms with Gasteiger partial charge in [-0.05, 0) is 18.8 Å². The summed E-state index contributed by atoms with van der Waals surface area (Å²) in [6.07, 6.45) is 5.06. The molecule has 0 saturated heterocycles. The quantitative estimate of drug-likeness (QED) is 0.882. The first-order valence-corrected chi connectivity index (χ1v) is 7.11. The molecule has 17 heavy (non-hydrogen) atoms. The van der Waals surface area contributed by atoms with Crippen molar-refractivity contribution in [2.75, 3.05) is 0 Å². The molecule has 1 heterocycles. The molecule has 1 aromatic heterocycles. The van der Waals surface area contributed by atoms with Crippen LogP contribution >= 0.6 is 0 Å². The Morgan fingerprint density at radius 3 is 2.53 bits per heavy atom. The van der Waals surface area contributed by atoms with E-state index in [2.05, 4.69) is 4.98 Å². The van der Waals surface area contributed by atoms with Crippen molar-refractivity contribution in [2.24, 2.45) is 5.14 Å². The number of hydrogen-bond acceptors (Lipinski definition) is 4. The number of nitrogens with zero attached hydrogens (tertiary/aromatic N) is 1. The van der Waals surface area contributed by atoms with Crippen LogP contribution in [0.3, 0.4) is 0 Å². The van der Waals surface area contributed by atoms with Gasteiger partial charge < -0.3 is 4.74 Å². The summed E-state index contributed by atoms with van der Waals surface area (Å²) in [5.41, 5.74) is 0.620. The number of rotatable bonds is 4. The molecule has 0 amide bonds. The van der Waals surface area contributed by atoms with E-state index in [1.54, 1.807) is 6.20 Å². The third-order valence-electron chi connectivity index (χ3n) is 2.62. The Hall–Kier alpha value is -1.14. The minimum atomic E-state index is -3.76. The molecular formula is C11H16N2O3S. The first-order valence-electron chi connectivity index (χ1n) is 5.57. The molecule has 0 aromatic carbocycles. The van der Waals surface area contributed by atoms with E-state index in [1.807, 2.05) is 13.8 Å². The molecule has 1 aliphatic carbocycles. The zero-order chi connectivity index (χ0) is 12.6. The number of nitrogens with two attached hydrogens (primary N) is 1. The summed E-state index contributed by atoms with van der Waals surface area (Å²) in [7, 11) is -3.76. The van der Waals surface area contributed by atoms with Crippen LogP contribution in [0.15, 0.2) is 17.3 Å². The number of primary sulfonamides is 1. The lowest BCUT2D eigenvalue weighted by Crippen LogP contribution is -2.16. The van der Waals surface area contributed by atoms with Crippen molar-refractivity contribution in [1.29, 1.82) is 0 Å². The summed E-state index contributed by atoms with van der Waals surface area (Å²) in [5.74, 6) is 0.550. The molecule has 1 fully saturated rings. The summed E-state index contributed by atoms with van der Waals surface area (Å²) in [6, 6.07) is 0. The topological polar surface area (TPSA) is 82.3 Å². The number of aromatic nitrogens is 1. The smallest absolute Gasteiger partial charge is 0.240 e. The highest BCUT2D eigenvalue weighted by atomic mass is 32.2. The lowest BCUT2D eigenvalue weighted by molar-refractivity contribution is 0.296. The highest BCUT2D eigenvalue weighted by molar-refractivity contribution is 7.89. The maximum absolute atomic E-state index is 11.5. The molecule has 1 aromatic rings. The number of hydrogen-bond donors (Lipinski definition) is 1. The second-order valence-electron chi connectivity index (χ2n) is 4.57. The predicted molar refractivity (Wildman–Crippen MR) is 63.3 cm³/mol. The Morgan fingerprint density at radius 1 is 1.41 bits per heavy atom. The Bertz CT molecular complexity index is 522. The molecule has 0 atom stereocenters. The van der Waals surface area contributed by atoms with Gasteiger partial charge in [0, 0.05) is 11.8 Å². The van der Waals surface area contributed by atoms with Crippen molar-refractivity contribution < 1.29 is 13.2 Å². The average Bonchev–Trinajstić information content (AvgIpc) is 2.99. The molecule has 0 spiro atoms. The molecular weight excluding hydrogens is 240 g/mol. The SMILES string of the molecule is CC(C)c1c(OC2CC2)cncc1S(N)(=O)=O. The van der Waals surface area contributed by atoms with Gasteiger partial charge in [0.05, 0.1) is 12.3 Å². The average molecular weight is 256 g/mol. The van der Waals surface area contributed by atoms with Gasteiger partial charge >= 0.3 is 0 Å². The lowest BCUT2D eigenvalue weighted by atomic mass is 10.0. The van der Waals surface area contributed by atoms with Gasteiger partial charge in [0.15, 0.2) is 0 Å². The monoisotopic (exact) mass is 256 g/mol. The van der Waals surface area contributed by atoms with Crippen LogP contribution < -0.4 is 9.88 Å². The van der Waals surface area contributed by atoms with Crippen LogP contribution in [-0.4, -0.2) is 19.5 Å². The summed E-state index contributed by atoms with van der Waals surface area (Å²) in [5, 5.41) is 5.19. The highest BCUT2D eigenvalue weighted by Crippen LogP contribution is 2.35. The van der Waals surface area contributed by atoms with Crippen LogP contribution in [0.25, 0.3) is 0 Å². The molecule has 6 heteroatoms. The van der Waals surface area contributed by atoms with E-state index in [9.17, 15) is 8.42 Å². The molecule has 0 radical (unpaired) electrons. The molecule has 0 aliphatic heterocycles. The molecule has 2 N–H and O–H groups in total. The van der Waals surface area contributed by atoms with E-state index in [-0.39, 0.29) is 16.9 Å². The summed E-state index contributed by atoms with van der Waals surface area (Å²) >= 11 is 0. The van der Waals surface area contributed by atoms with Gasteiger partial charge in [-0.2, -0.15) is 0 Å². The van der Waals surface area contributed by atoms with Crippen LogP contribution in [0.5, 0.6) is 5.75 Å². The predicted octanol–water partition coefficient (Wildman–Crippen LogP) is 1.39. The third-order valence-corrected chi connectivity index (χ3v) is 3.55. The first kappa shape index (κ1) is 12.3. The van der Waals surface area contributed by atoms with Crippen LogP contribution in [0.4, 0.5) is 0 Å². The largest absolute Gasteiger partial charge is 0.488 e. The Labute approximate surface area is 101 Å². The van der Waals surface area contributed by atoms with E-state index in [4.69, 9.17) is 9.88 Å². The van der Waals surface area contributed by atoms with E-state index >= 15 is 0 Å².